The number of hydrogen-bond donors (Lipinski definition) is 4. The Hall–Kier alpha value is -2.60. The van der Waals surface area contributed by atoms with Gasteiger partial charge in [-0.2, -0.15) is 4.99 Å². The summed E-state index contributed by atoms with van der Waals surface area (Å²) in [6, 6.07) is 6.10. The van der Waals surface area contributed by atoms with Crippen molar-refractivity contribution in [3.8, 4) is 0 Å². The number of amidine groups is 1. The minimum Gasteiger partial charge on any atom is -0.382 e. The molecule has 4 heterocycles. The first-order valence-corrected chi connectivity index (χ1v) is 12.4. The lowest BCUT2D eigenvalue weighted by Crippen LogP contribution is -2.53. The van der Waals surface area contributed by atoms with Crippen molar-refractivity contribution < 1.29 is 9.53 Å². The van der Waals surface area contributed by atoms with E-state index >= 15 is 0 Å². The molecule has 1 amide bonds. The number of piperidine rings is 1. The van der Waals surface area contributed by atoms with Crippen molar-refractivity contribution in [1.29, 1.82) is 0 Å². The van der Waals surface area contributed by atoms with E-state index in [0.717, 1.165) is 41.8 Å². The summed E-state index contributed by atoms with van der Waals surface area (Å²) in [6.45, 7) is 5.62. The molecule has 0 bridgehead atoms. The van der Waals surface area contributed by atoms with Crippen LogP contribution in [-0.2, 0) is 9.53 Å². The van der Waals surface area contributed by atoms with Crippen LogP contribution in [-0.4, -0.2) is 86.1 Å². The minimum atomic E-state index is -0.628. The number of guanidine groups is 1. The van der Waals surface area contributed by atoms with Crippen molar-refractivity contribution in [2.75, 3.05) is 57.8 Å². The smallest absolute Gasteiger partial charge is 0.244 e. The van der Waals surface area contributed by atoms with Gasteiger partial charge in [0.15, 0.2) is 0 Å². The van der Waals surface area contributed by atoms with Crippen LogP contribution >= 0.6 is 11.3 Å². The third-order valence-electron chi connectivity index (χ3n) is 6.01. The summed E-state index contributed by atoms with van der Waals surface area (Å²) in [6.07, 6.45) is 2.05. The average molecular weight is 471 g/mol. The average Bonchev–Trinajstić information content (AvgIpc) is 3.28. The highest BCUT2D eigenvalue weighted by Gasteiger charge is 2.37. The molecule has 0 spiro atoms. The number of aliphatic imine (C=N–C) groups is 2. The molecule has 1 aromatic heterocycles. The minimum absolute atomic E-state index is 0.105. The molecule has 5 N–H and O–H groups in total. The number of carbonyl (C=O) groups excluding carboxylic acids is 1. The zero-order valence-electron chi connectivity index (χ0n) is 18.5. The van der Waals surface area contributed by atoms with Gasteiger partial charge in [-0.3, -0.25) is 15.1 Å². The van der Waals surface area contributed by atoms with E-state index in [1.54, 1.807) is 0 Å². The molecule has 0 saturated carbocycles. The monoisotopic (exact) mass is 470 g/mol. The third kappa shape index (κ3) is 4.86. The van der Waals surface area contributed by atoms with Gasteiger partial charge in [-0.1, -0.05) is 6.07 Å². The first-order valence-electron chi connectivity index (χ1n) is 11.6. The quantitative estimate of drug-likeness (QED) is 0.507. The third-order valence-corrected chi connectivity index (χ3v) is 7.10. The van der Waals surface area contributed by atoms with E-state index in [2.05, 4.69) is 20.9 Å². The molecule has 3 aliphatic heterocycles. The van der Waals surface area contributed by atoms with Crippen molar-refractivity contribution in [3.63, 3.8) is 0 Å². The summed E-state index contributed by atoms with van der Waals surface area (Å²) in [4.78, 5) is 30.2. The molecular formula is C22H30N8O2S. The van der Waals surface area contributed by atoms with Crippen molar-refractivity contribution in [3.05, 3.63) is 23.2 Å². The Morgan fingerprint density at radius 1 is 1.33 bits per heavy atom. The molecular weight excluding hydrogens is 440 g/mol. The maximum Gasteiger partial charge on any atom is 0.244 e. The summed E-state index contributed by atoms with van der Waals surface area (Å²) in [7, 11) is 0. The van der Waals surface area contributed by atoms with Crippen LogP contribution < -0.4 is 21.7 Å². The highest BCUT2D eigenvalue weighted by Crippen LogP contribution is 2.34. The lowest BCUT2D eigenvalue weighted by atomic mass is 10.0. The zero-order valence-corrected chi connectivity index (χ0v) is 19.4. The van der Waals surface area contributed by atoms with E-state index in [1.165, 1.54) is 11.3 Å². The molecule has 5 rings (SSSR count). The lowest BCUT2D eigenvalue weighted by Gasteiger charge is -2.33. The Balaban J connectivity index is 1.52. The predicted octanol–water partition coefficient (Wildman–Crippen LogP) is 0.719. The number of fused-ring (bicyclic) bond motifs is 1. The van der Waals surface area contributed by atoms with E-state index in [4.69, 9.17) is 25.4 Å². The van der Waals surface area contributed by atoms with Crippen LogP contribution in [0.4, 0.5) is 5.69 Å². The number of aromatic nitrogens is 1. The Morgan fingerprint density at radius 3 is 3.00 bits per heavy atom. The number of nitrogens with two attached hydrogens (primary N) is 1. The highest BCUT2D eigenvalue weighted by atomic mass is 32.1. The van der Waals surface area contributed by atoms with Crippen LogP contribution in [0.2, 0.25) is 0 Å². The standard InChI is InChI=1S/C22H30N8O2S/c23-6-8-25-15-4-1-5-16-18(15)27-21(33-16)17-19(26-14-3-2-7-24-13-14)28-22(29-20(17)31)30-9-11-32-12-10-30/h1,4-5,14,17,24-25H,2-3,6-13,23H2,(H,26,28,29,31)/t14-,17?/m1/s1. The number of nitrogens with one attached hydrogen (secondary N) is 3. The maximum absolute atomic E-state index is 13.4. The van der Waals surface area contributed by atoms with Crippen molar-refractivity contribution >= 4 is 44.9 Å². The molecule has 1 aromatic carbocycles. The molecule has 0 radical (unpaired) electrons. The van der Waals surface area contributed by atoms with Crippen LogP contribution in [0.3, 0.4) is 0 Å². The second-order valence-corrected chi connectivity index (χ2v) is 9.43. The number of morpholine rings is 1. The van der Waals surface area contributed by atoms with Crippen molar-refractivity contribution in [1.82, 2.24) is 20.5 Å². The van der Waals surface area contributed by atoms with Crippen LogP contribution in [0, 0.1) is 0 Å². The molecule has 2 atom stereocenters. The Morgan fingerprint density at radius 2 is 2.21 bits per heavy atom. The van der Waals surface area contributed by atoms with Gasteiger partial charge in [-0.15, -0.1) is 11.3 Å². The van der Waals surface area contributed by atoms with Gasteiger partial charge in [0.25, 0.3) is 0 Å². The van der Waals surface area contributed by atoms with Gasteiger partial charge in [0.1, 0.15) is 22.3 Å². The molecule has 3 aliphatic rings. The summed E-state index contributed by atoms with van der Waals surface area (Å²) in [5, 5.41) is 10.4. The van der Waals surface area contributed by atoms with Gasteiger partial charge >= 0.3 is 0 Å². The Bertz CT molecular complexity index is 1060. The first kappa shape index (κ1) is 22.2. The number of para-hydroxylation sites is 1. The molecule has 1 unspecified atom stereocenters. The van der Waals surface area contributed by atoms with Gasteiger partial charge in [0.2, 0.25) is 11.9 Å². The summed E-state index contributed by atoms with van der Waals surface area (Å²) in [5.41, 5.74) is 7.43. The number of carbonyl (C=O) groups is 1. The number of benzene rings is 1. The SMILES string of the molecule is NCCNc1cccc2sc(C3C(=O)NC(N4CCOCC4)=NC3=N[C@@H]3CCCNC3)nc12. The zero-order chi connectivity index (χ0) is 22.6. The van der Waals surface area contributed by atoms with Gasteiger partial charge < -0.3 is 26.0 Å². The Kier molecular flexibility index (Phi) is 6.81. The van der Waals surface area contributed by atoms with Crippen LogP contribution in [0.5, 0.6) is 0 Å². The molecule has 2 saturated heterocycles. The van der Waals surface area contributed by atoms with Gasteiger partial charge in [0, 0.05) is 32.7 Å². The van der Waals surface area contributed by atoms with Crippen LogP contribution in [0.15, 0.2) is 28.2 Å². The fraction of sp³-hybridized carbons (Fsp3) is 0.545. The topological polar surface area (TPSA) is 129 Å². The number of thiazole rings is 1. The van der Waals surface area contributed by atoms with E-state index in [0.29, 0.717) is 56.2 Å². The van der Waals surface area contributed by atoms with E-state index in [9.17, 15) is 4.79 Å². The highest BCUT2D eigenvalue weighted by molar-refractivity contribution is 7.19. The van der Waals surface area contributed by atoms with Crippen LogP contribution in [0.25, 0.3) is 10.2 Å². The number of nitrogens with zero attached hydrogens (tertiary/aromatic N) is 4. The summed E-state index contributed by atoms with van der Waals surface area (Å²) < 4.78 is 6.47. The van der Waals surface area contributed by atoms with E-state index in [-0.39, 0.29) is 11.9 Å². The normalized spacial score (nSPS) is 25.2. The van der Waals surface area contributed by atoms with E-state index in [1.807, 2.05) is 18.2 Å². The fourth-order valence-electron chi connectivity index (χ4n) is 4.32. The number of ether oxygens (including phenoxy) is 1. The van der Waals surface area contributed by atoms with E-state index < -0.39 is 5.92 Å². The molecule has 176 valence electrons. The lowest BCUT2D eigenvalue weighted by molar-refractivity contribution is -0.120. The number of anilines is 1. The fourth-order valence-corrected chi connectivity index (χ4v) is 5.41. The summed E-state index contributed by atoms with van der Waals surface area (Å²) in [5.74, 6) is 0.346. The number of rotatable bonds is 5. The predicted molar refractivity (Wildman–Crippen MR) is 131 cm³/mol. The molecule has 11 heteroatoms. The number of amides is 1. The summed E-state index contributed by atoms with van der Waals surface area (Å²) >= 11 is 1.52. The van der Waals surface area contributed by atoms with Gasteiger partial charge in [0.05, 0.1) is 29.6 Å². The van der Waals surface area contributed by atoms with Gasteiger partial charge in [-0.05, 0) is 31.5 Å². The van der Waals surface area contributed by atoms with Gasteiger partial charge in [-0.25, -0.2) is 4.98 Å². The molecule has 33 heavy (non-hydrogen) atoms. The molecule has 0 aliphatic carbocycles. The second-order valence-electron chi connectivity index (χ2n) is 8.36. The first-order chi connectivity index (χ1) is 16.2. The second kappa shape index (κ2) is 10.1. The van der Waals surface area contributed by atoms with Crippen molar-refractivity contribution in [2.45, 2.75) is 24.8 Å². The molecule has 10 nitrogen and oxygen atoms in total. The maximum atomic E-state index is 13.4. The Labute approximate surface area is 196 Å². The molecule has 2 fully saturated rings. The molecule has 2 aromatic rings. The van der Waals surface area contributed by atoms with Crippen LogP contribution in [0.1, 0.15) is 23.8 Å². The largest absolute Gasteiger partial charge is 0.382 e. The van der Waals surface area contributed by atoms with Crippen molar-refractivity contribution in [2.24, 2.45) is 15.7 Å². The number of hydrogen-bond acceptors (Lipinski definition) is 9.